The van der Waals surface area contributed by atoms with Gasteiger partial charge in [0.2, 0.25) is 11.8 Å². The van der Waals surface area contributed by atoms with Crippen LogP contribution in [0.4, 0.5) is 5.82 Å². The second-order valence-corrected chi connectivity index (χ2v) is 8.40. The number of hydrogen-bond acceptors (Lipinski definition) is 6. The fourth-order valence-electron chi connectivity index (χ4n) is 3.81. The quantitative estimate of drug-likeness (QED) is 0.601. The second kappa shape index (κ2) is 9.65. The van der Waals surface area contributed by atoms with E-state index in [-0.39, 0.29) is 30.4 Å². The van der Waals surface area contributed by atoms with Gasteiger partial charge in [-0.2, -0.15) is 0 Å². The van der Waals surface area contributed by atoms with E-state index in [2.05, 4.69) is 26.2 Å². The third-order valence-corrected chi connectivity index (χ3v) is 5.81. The molecule has 0 aliphatic carbocycles. The van der Waals surface area contributed by atoms with Crippen molar-refractivity contribution in [1.82, 2.24) is 9.88 Å². The lowest BCUT2D eigenvalue weighted by molar-refractivity contribution is -0.131. The molecular weight excluding hydrogens is 466 g/mol. The molecule has 0 bridgehead atoms. The standard InChI is InChI=1S/C22H24BrN3O5/c1-29-17-6-5-14(9-18(17)31-16-7-8-30-13-16)15-10-22(28)26(11-15)12-21(27)25-20-4-2-3-19(23)24-20/h2-6,9,15-16H,7-8,10-13H2,1H3,(H,24,25,27)/t15?,16-/m1/s1. The average molecular weight is 490 g/mol. The molecule has 2 aromatic rings. The Morgan fingerprint density at radius 2 is 2.19 bits per heavy atom. The number of aromatic nitrogens is 1. The predicted molar refractivity (Wildman–Crippen MR) is 117 cm³/mol. The van der Waals surface area contributed by atoms with Crippen LogP contribution in [0.3, 0.4) is 0 Å². The number of rotatable bonds is 7. The fraction of sp³-hybridized carbons (Fsp3) is 0.409. The largest absolute Gasteiger partial charge is 0.493 e. The van der Waals surface area contributed by atoms with Crippen LogP contribution in [0.5, 0.6) is 11.5 Å². The zero-order chi connectivity index (χ0) is 21.8. The normalized spacial score (nSPS) is 20.7. The Morgan fingerprint density at radius 3 is 2.94 bits per heavy atom. The van der Waals surface area contributed by atoms with Crippen molar-refractivity contribution in [3.05, 3.63) is 46.6 Å². The Bertz CT molecular complexity index is 964. The summed E-state index contributed by atoms with van der Waals surface area (Å²) < 4.78 is 17.5. The first-order chi connectivity index (χ1) is 15.0. The molecule has 2 atom stereocenters. The van der Waals surface area contributed by atoms with Crippen molar-refractivity contribution in [2.75, 3.05) is 38.7 Å². The number of ether oxygens (including phenoxy) is 3. The summed E-state index contributed by atoms with van der Waals surface area (Å²) in [5.41, 5.74) is 0.986. The van der Waals surface area contributed by atoms with Gasteiger partial charge in [-0.15, -0.1) is 0 Å². The number of amides is 2. The summed E-state index contributed by atoms with van der Waals surface area (Å²) in [7, 11) is 1.60. The van der Waals surface area contributed by atoms with Crippen LogP contribution in [0, 0.1) is 0 Å². The molecule has 3 heterocycles. The lowest BCUT2D eigenvalue weighted by Gasteiger charge is -2.19. The van der Waals surface area contributed by atoms with Gasteiger partial charge < -0.3 is 24.4 Å². The highest BCUT2D eigenvalue weighted by molar-refractivity contribution is 9.10. The van der Waals surface area contributed by atoms with Crippen LogP contribution >= 0.6 is 15.9 Å². The molecule has 2 aliphatic heterocycles. The number of hydrogen-bond donors (Lipinski definition) is 1. The number of benzene rings is 1. The SMILES string of the molecule is COc1ccc(C2CC(=O)N(CC(=O)Nc3cccc(Br)n3)C2)cc1O[C@@H]1CCOC1. The molecule has 2 saturated heterocycles. The van der Waals surface area contributed by atoms with Gasteiger partial charge in [0.15, 0.2) is 11.5 Å². The number of carbonyl (C=O) groups is 2. The average Bonchev–Trinajstić information content (AvgIpc) is 3.38. The molecule has 0 radical (unpaired) electrons. The maximum absolute atomic E-state index is 12.5. The van der Waals surface area contributed by atoms with Gasteiger partial charge in [-0.05, 0) is 45.8 Å². The molecule has 2 aliphatic rings. The molecular formula is C22H24BrN3O5. The smallest absolute Gasteiger partial charge is 0.245 e. The second-order valence-electron chi connectivity index (χ2n) is 7.58. The van der Waals surface area contributed by atoms with Crippen molar-refractivity contribution < 1.29 is 23.8 Å². The Kier molecular flexibility index (Phi) is 6.72. The highest BCUT2D eigenvalue weighted by atomic mass is 79.9. The van der Waals surface area contributed by atoms with Gasteiger partial charge in [0.05, 0.1) is 26.9 Å². The van der Waals surface area contributed by atoms with Gasteiger partial charge in [-0.3, -0.25) is 9.59 Å². The first kappa shape index (κ1) is 21.6. The van der Waals surface area contributed by atoms with E-state index in [1.54, 1.807) is 30.2 Å². The third-order valence-electron chi connectivity index (χ3n) is 5.37. The van der Waals surface area contributed by atoms with Crippen LogP contribution in [-0.4, -0.2) is 61.2 Å². The molecule has 9 heteroatoms. The van der Waals surface area contributed by atoms with Crippen molar-refractivity contribution in [3.63, 3.8) is 0 Å². The number of methoxy groups -OCH3 is 1. The molecule has 1 aromatic carbocycles. The molecule has 31 heavy (non-hydrogen) atoms. The predicted octanol–water partition coefficient (Wildman–Crippen LogP) is 2.98. The molecule has 1 unspecified atom stereocenters. The van der Waals surface area contributed by atoms with E-state index < -0.39 is 0 Å². The number of halogens is 1. The lowest BCUT2D eigenvalue weighted by atomic mass is 9.98. The molecule has 2 fully saturated rings. The van der Waals surface area contributed by atoms with E-state index >= 15 is 0 Å². The summed E-state index contributed by atoms with van der Waals surface area (Å²) in [5, 5.41) is 2.73. The van der Waals surface area contributed by atoms with Crippen molar-refractivity contribution in [2.45, 2.75) is 24.9 Å². The maximum atomic E-state index is 12.5. The van der Waals surface area contributed by atoms with E-state index in [0.717, 1.165) is 12.0 Å². The Hall–Kier alpha value is -2.65. The van der Waals surface area contributed by atoms with Crippen LogP contribution in [-0.2, 0) is 14.3 Å². The van der Waals surface area contributed by atoms with Crippen LogP contribution < -0.4 is 14.8 Å². The van der Waals surface area contributed by atoms with Gasteiger partial charge in [-0.25, -0.2) is 4.98 Å². The van der Waals surface area contributed by atoms with Crippen molar-refractivity contribution in [2.24, 2.45) is 0 Å². The first-order valence-corrected chi connectivity index (χ1v) is 10.9. The Labute approximate surface area is 189 Å². The summed E-state index contributed by atoms with van der Waals surface area (Å²) in [6.45, 7) is 1.71. The van der Waals surface area contributed by atoms with Gasteiger partial charge >= 0.3 is 0 Å². The third kappa shape index (κ3) is 5.34. The van der Waals surface area contributed by atoms with E-state index in [9.17, 15) is 9.59 Å². The van der Waals surface area contributed by atoms with Gasteiger partial charge in [0.25, 0.3) is 0 Å². The van der Waals surface area contributed by atoms with E-state index in [0.29, 0.717) is 48.1 Å². The monoisotopic (exact) mass is 489 g/mol. The van der Waals surface area contributed by atoms with Gasteiger partial charge in [0, 0.05) is 25.3 Å². The number of nitrogens with one attached hydrogen (secondary N) is 1. The molecule has 4 rings (SSSR count). The van der Waals surface area contributed by atoms with E-state index in [1.165, 1.54) is 0 Å². The molecule has 164 valence electrons. The highest BCUT2D eigenvalue weighted by Crippen LogP contribution is 2.36. The lowest BCUT2D eigenvalue weighted by Crippen LogP contribution is -2.34. The van der Waals surface area contributed by atoms with E-state index in [4.69, 9.17) is 14.2 Å². The molecule has 0 saturated carbocycles. The summed E-state index contributed by atoms with van der Waals surface area (Å²) in [6.07, 6.45) is 1.19. The molecule has 0 spiro atoms. The Balaban J connectivity index is 1.40. The van der Waals surface area contributed by atoms with Crippen LogP contribution in [0.15, 0.2) is 41.0 Å². The molecule has 2 amide bonds. The van der Waals surface area contributed by atoms with Crippen molar-refractivity contribution >= 4 is 33.6 Å². The van der Waals surface area contributed by atoms with Crippen LogP contribution in [0.25, 0.3) is 0 Å². The number of carbonyl (C=O) groups excluding carboxylic acids is 2. The van der Waals surface area contributed by atoms with Gasteiger partial charge in [-0.1, -0.05) is 12.1 Å². The summed E-state index contributed by atoms with van der Waals surface area (Å²) in [6, 6.07) is 11.0. The minimum absolute atomic E-state index is 0.00110. The summed E-state index contributed by atoms with van der Waals surface area (Å²) >= 11 is 3.27. The minimum Gasteiger partial charge on any atom is -0.493 e. The first-order valence-electron chi connectivity index (χ1n) is 10.1. The minimum atomic E-state index is -0.278. The number of likely N-dealkylation sites (tertiary alicyclic amines) is 1. The van der Waals surface area contributed by atoms with Crippen molar-refractivity contribution in [1.29, 1.82) is 0 Å². The maximum Gasteiger partial charge on any atom is 0.245 e. The molecule has 1 N–H and O–H groups in total. The number of anilines is 1. The zero-order valence-corrected chi connectivity index (χ0v) is 18.8. The van der Waals surface area contributed by atoms with Crippen molar-refractivity contribution in [3.8, 4) is 11.5 Å². The highest BCUT2D eigenvalue weighted by Gasteiger charge is 2.32. The van der Waals surface area contributed by atoms with E-state index in [1.807, 2.05) is 18.2 Å². The zero-order valence-electron chi connectivity index (χ0n) is 17.2. The number of pyridine rings is 1. The number of nitrogens with zero attached hydrogens (tertiary/aromatic N) is 2. The van der Waals surface area contributed by atoms with Gasteiger partial charge in [0.1, 0.15) is 16.5 Å². The molecule has 8 nitrogen and oxygen atoms in total. The molecule has 1 aromatic heterocycles. The summed E-state index contributed by atoms with van der Waals surface area (Å²) in [4.78, 5) is 30.7. The van der Waals surface area contributed by atoms with Crippen LogP contribution in [0.2, 0.25) is 0 Å². The fourth-order valence-corrected chi connectivity index (χ4v) is 4.15. The summed E-state index contributed by atoms with van der Waals surface area (Å²) in [5.74, 6) is 1.40. The topological polar surface area (TPSA) is 90.0 Å². The Morgan fingerprint density at radius 1 is 1.32 bits per heavy atom. The van der Waals surface area contributed by atoms with Crippen LogP contribution in [0.1, 0.15) is 24.3 Å².